The first-order chi connectivity index (χ1) is 8.33. The number of nitrogens with zero attached hydrogens (tertiary/aromatic N) is 3. The monoisotopic (exact) mass is 244 g/mol. The molecule has 0 saturated heterocycles. The zero-order valence-corrected chi connectivity index (χ0v) is 10.2. The van der Waals surface area contributed by atoms with Gasteiger partial charge in [-0.05, 0) is 18.2 Å². The van der Waals surface area contributed by atoms with Crippen LogP contribution in [0.25, 0.3) is 10.2 Å². The normalized spacial score (nSPS) is 10.9. The average molecular weight is 244 g/mol. The lowest BCUT2D eigenvalue weighted by atomic mass is 10.3. The van der Waals surface area contributed by atoms with Crippen molar-refractivity contribution in [2.24, 2.45) is 7.05 Å². The van der Waals surface area contributed by atoms with Crippen LogP contribution in [0.2, 0.25) is 0 Å². The Morgan fingerprint density at radius 3 is 3.12 bits per heavy atom. The molecule has 1 aromatic carbocycles. The molecule has 3 aromatic rings. The van der Waals surface area contributed by atoms with Crippen LogP contribution < -0.4 is 5.32 Å². The van der Waals surface area contributed by atoms with Crippen LogP contribution in [0.4, 0.5) is 5.69 Å². The SMILES string of the molecule is Cn1ccnc1CNc1ccc2ncsc2c1. The molecule has 1 N–H and O–H groups in total. The molecule has 3 rings (SSSR count). The minimum absolute atomic E-state index is 0.730. The summed E-state index contributed by atoms with van der Waals surface area (Å²) in [6, 6.07) is 6.20. The lowest BCUT2D eigenvalue weighted by Crippen LogP contribution is -2.05. The third-order valence-electron chi connectivity index (χ3n) is 2.70. The molecule has 0 radical (unpaired) electrons. The summed E-state index contributed by atoms with van der Waals surface area (Å²) in [7, 11) is 2.00. The highest BCUT2D eigenvalue weighted by atomic mass is 32.1. The average Bonchev–Trinajstić information content (AvgIpc) is 2.94. The van der Waals surface area contributed by atoms with Crippen LogP contribution in [0.1, 0.15) is 5.82 Å². The fraction of sp³-hybridized carbons (Fsp3) is 0.167. The third-order valence-corrected chi connectivity index (χ3v) is 3.49. The molecule has 0 unspecified atom stereocenters. The van der Waals surface area contributed by atoms with Gasteiger partial charge in [-0.15, -0.1) is 11.3 Å². The van der Waals surface area contributed by atoms with E-state index in [-0.39, 0.29) is 0 Å². The molecule has 2 heterocycles. The van der Waals surface area contributed by atoms with Gasteiger partial charge in [0.2, 0.25) is 0 Å². The number of thiazole rings is 1. The first-order valence-electron chi connectivity index (χ1n) is 5.36. The zero-order chi connectivity index (χ0) is 11.7. The van der Waals surface area contributed by atoms with Gasteiger partial charge in [0.25, 0.3) is 0 Å². The number of imidazole rings is 1. The second kappa shape index (κ2) is 4.18. The van der Waals surface area contributed by atoms with E-state index in [1.54, 1.807) is 11.3 Å². The minimum Gasteiger partial charge on any atom is -0.378 e. The molecule has 0 aliphatic rings. The minimum atomic E-state index is 0.730. The molecule has 0 fully saturated rings. The number of benzene rings is 1. The molecule has 2 aromatic heterocycles. The van der Waals surface area contributed by atoms with Gasteiger partial charge in [-0.1, -0.05) is 0 Å². The molecule has 5 heteroatoms. The van der Waals surface area contributed by atoms with E-state index in [1.807, 2.05) is 41.7 Å². The topological polar surface area (TPSA) is 42.7 Å². The molecular weight excluding hydrogens is 232 g/mol. The van der Waals surface area contributed by atoms with Crippen molar-refractivity contribution in [1.29, 1.82) is 0 Å². The van der Waals surface area contributed by atoms with Crippen LogP contribution in [0.5, 0.6) is 0 Å². The number of fused-ring (bicyclic) bond motifs is 1. The maximum Gasteiger partial charge on any atom is 0.127 e. The Kier molecular flexibility index (Phi) is 2.53. The highest BCUT2D eigenvalue weighted by Crippen LogP contribution is 2.21. The number of aromatic nitrogens is 3. The molecule has 0 aliphatic carbocycles. The van der Waals surface area contributed by atoms with Crippen LogP contribution in [0.15, 0.2) is 36.1 Å². The molecular formula is C12H12N4S. The summed E-state index contributed by atoms with van der Waals surface area (Å²) in [5, 5.41) is 3.37. The summed E-state index contributed by atoms with van der Waals surface area (Å²) in [6.07, 6.45) is 3.76. The fourth-order valence-electron chi connectivity index (χ4n) is 1.71. The molecule has 0 aliphatic heterocycles. The summed E-state index contributed by atoms with van der Waals surface area (Å²) in [5.41, 5.74) is 4.02. The van der Waals surface area contributed by atoms with Crippen molar-refractivity contribution in [3.8, 4) is 0 Å². The Hall–Kier alpha value is -1.88. The first-order valence-corrected chi connectivity index (χ1v) is 6.24. The summed E-state index contributed by atoms with van der Waals surface area (Å²) < 4.78 is 3.22. The van der Waals surface area contributed by atoms with Crippen molar-refractivity contribution in [2.75, 3.05) is 5.32 Å². The maximum absolute atomic E-state index is 4.27. The Bertz CT molecular complexity index is 641. The molecule has 4 nitrogen and oxygen atoms in total. The van der Waals surface area contributed by atoms with E-state index < -0.39 is 0 Å². The van der Waals surface area contributed by atoms with Gasteiger partial charge in [0.15, 0.2) is 0 Å². The van der Waals surface area contributed by atoms with Gasteiger partial charge in [0.1, 0.15) is 5.82 Å². The van der Waals surface area contributed by atoms with E-state index >= 15 is 0 Å². The predicted molar refractivity (Wildman–Crippen MR) is 70.2 cm³/mol. The van der Waals surface area contributed by atoms with Crippen LogP contribution in [-0.4, -0.2) is 14.5 Å². The number of aryl methyl sites for hydroxylation is 1. The summed E-state index contributed by atoms with van der Waals surface area (Å²) in [4.78, 5) is 8.53. The van der Waals surface area contributed by atoms with E-state index in [0.29, 0.717) is 0 Å². The second-order valence-corrected chi connectivity index (χ2v) is 4.73. The van der Waals surface area contributed by atoms with Crippen molar-refractivity contribution in [1.82, 2.24) is 14.5 Å². The highest BCUT2D eigenvalue weighted by molar-refractivity contribution is 7.16. The van der Waals surface area contributed by atoms with Gasteiger partial charge < -0.3 is 9.88 Å². The van der Waals surface area contributed by atoms with Gasteiger partial charge in [0.05, 0.1) is 22.3 Å². The van der Waals surface area contributed by atoms with Crippen molar-refractivity contribution in [3.05, 3.63) is 41.9 Å². The molecule has 0 saturated carbocycles. The van der Waals surface area contributed by atoms with Crippen molar-refractivity contribution in [2.45, 2.75) is 6.54 Å². The van der Waals surface area contributed by atoms with Crippen LogP contribution in [0, 0.1) is 0 Å². The largest absolute Gasteiger partial charge is 0.378 e. The Labute approximate surface area is 103 Å². The Morgan fingerprint density at radius 2 is 2.29 bits per heavy atom. The van der Waals surface area contributed by atoms with E-state index in [1.165, 1.54) is 4.70 Å². The molecule has 86 valence electrons. The molecule has 17 heavy (non-hydrogen) atoms. The molecule has 0 bridgehead atoms. The summed E-state index contributed by atoms with van der Waals surface area (Å²) in [5.74, 6) is 1.02. The quantitative estimate of drug-likeness (QED) is 0.770. The van der Waals surface area contributed by atoms with Crippen molar-refractivity contribution in [3.63, 3.8) is 0 Å². The number of hydrogen-bond acceptors (Lipinski definition) is 4. The van der Waals surface area contributed by atoms with Crippen molar-refractivity contribution >= 4 is 27.2 Å². The van der Waals surface area contributed by atoms with E-state index in [9.17, 15) is 0 Å². The fourth-order valence-corrected chi connectivity index (χ4v) is 2.43. The predicted octanol–water partition coefficient (Wildman–Crippen LogP) is 2.64. The molecule has 0 amide bonds. The second-order valence-electron chi connectivity index (χ2n) is 3.84. The lowest BCUT2D eigenvalue weighted by molar-refractivity contribution is 0.813. The van der Waals surface area contributed by atoms with E-state index in [4.69, 9.17) is 0 Å². The molecule has 0 atom stereocenters. The number of anilines is 1. The number of hydrogen-bond donors (Lipinski definition) is 1. The summed E-state index contributed by atoms with van der Waals surface area (Å²) >= 11 is 1.66. The standard InChI is InChI=1S/C12H12N4S/c1-16-5-4-13-12(16)7-14-9-2-3-10-11(6-9)17-8-15-10/h2-6,8,14H,7H2,1H3. The maximum atomic E-state index is 4.27. The lowest BCUT2D eigenvalue weighted by Gasteiger charge is -2.06. The van der Waals surface area contributed by atoms with Crippen LogP contribution >= 0.6 is 11.3 Å². The van der Waals surface area contributed by atoms with Crippen LogP contribution in [0.3, 0.4) is 0 Å². The Balaban J connectivity index is 1.78. The van der Waals surface area contributed by atoms with Crippen LogP contribution in [-0.2, 0) is 13.6 Å². The van der Waals surface area contributed by atoms with Gasteiger partial charge in [-0.2, -0.15) is 0 Å². The number of nitrogens with one attached hydrogen (secondary N) is 1. The summed E-state index contributed by atoms with van der Waals surface area (Å²) in [6.45, 7) is 0.730. The van der Waals surface area contributed by atoms with E-state index in [0.717, 1.165) is 23.6 Å². The first kappa shape index (κ1) is 10.3. The third kappa shape index (κ3) is 2.01. The number of rotatable bonds is 3. The Morgan fingerprint density at radius 1 is 1.35 bits per heavy atom. The van der Waals surface area contributed by atoms with Gasteiger partial charge >= 0.3 is 0 Å². The highest BCUT2D eigenvalue weighted by Gasteiger charge is 2.01. The van der Waals surface area contributed by atoms with Gasteiger partial charge in [-0.3, -0.25) is 0 Å². The smallest absolute Gasteiger partial charge is 0.127 e. The van der Waals surface area contributed by atoms with Crippen molar-refractivity contribution < 1.29 is 0 Å². The van der Waals surface area contributed by atoms with E-state index in [2.05, 4.69) is 21.4 Å². The van der Waals surface area contributed by atoms with Gasteiger partial charge in [0, 0.05) is 25.1 Å². The zero-order valence-electron chi connectivity index (χ0n) is 9.42. The molecule has 0 spiro atoms. The van der Waals surface area contributed by atoms with Gasteiger partial charge in [-0.25, -0.2) is 9.97 Å².